The molecule has 2 rings (SSSR count). The van der Waals surface area contributed by atoms with E-state index >= 15 is 0 Å². The van der Waals surface area contributed by atoms with E-state index in [-0.39, 0.29) is 17.8 Å². The predicted molar refractivity (Wildman–Crippen MR) is 72.9 cm³/mol. The number of nitrogens with two attached hydrogens (primary N) is 1. The zero-order chi connectivity index (χ0) is 14.0. The molecule has 0 aliphatic rings. The Hall–Kier alpha value is -1.75. The molecule has 98 valence electrons. The van der Waals surface area contributed by atoms with Crippen LogP contribution in [0.4, 0.5) is 14.5 Å². The number of carbonyl (C=O) groups is 1. The van der Waals surface area contributed by atoms with Crippen LogP contribution in [0.15, 0.2) is 40.9 Å². The Bertz CT molecular complexity index is 643. The first kappa shape index (κ1) is 13.7. The van der Waals surface area contributed by atoms with Crippen LogP contribution in [0.1, 0.15) is 15.9 Å². The summed E-state index contributed by atoms with van der Waals surface area (Å²) < 4.78 is 26.8. The molecule has 0 aliphatic carbocycles. The summed E-state index contributed by atoms with van der Waals surface area (Å²) in [6.45, 7) is 0. The molecule has 0 radical (unpaired) electrons. The van der Waals surface area contributed by atoms with Gasteiger partial charge in [0.05, 0.1) is 0 Å². The van der Waals surface area contributed by atoms with Gasteiger partial charge in [-0.05, 0) is 29.8 Å². The number of halogens is 3. The molecule has 0 aromatic heterocycles. The van der Waals surface area contributed by atoms with E-state index in [2.05, 4.69) is 15.9 Å². The first-order valence-corrected chi connectivity index (χ1v) is 6.29. The minimum Gasteiger partial charge on any atom is -0.399 e. The van der Waals surface area contributed by atoms with Crippen LogP contribution in [0.3, 0.4) is 0 Å². The minimum absolute atomic E-state index is 0.145. The van der Waals surface area contributed by atoms with Gasteiger partial charge in [0.1, 0.15) is 11.6 Å². The summed E-state index contributed by atoms with van der Waals surface area (Å²) in [4.78, 5) is 12.1. The van der Waals surface area contributed by atoms with Crippen molar-refractivity contribution in [1.29, 1.82) is 0 Å². The van der Waals surface area contributed by atoms with Crippen LogP contribution in [0.5, 0.6) is 0 Å². The molecule has 0 saturated carbocycles. The second-order valence-electron chi connectivity index (χ2n) is 4.07. The fourth-order valence-corrected chi connectivity index (χ4v) is 2.16. The lowest BCUT2D eigenvalue weighted by atomic mass is 10.0. The standard InChI is InChI=1S/C14H10BrF2NO/c15-12-4-3-10(18)7-11(12)14(19)5-8-1-2-9(16)6-13(8)17/h1-4,6-7H,5,18H2. The van der Waals surface area contributed by atoms with Gasteiger partial charge in [-0.3, -0.25) is 4.79 Å². The maximum atomic E-state index is 13.5. The second-order valence-corrected chi connectivity index (χ2v) is 4.93. The Kier molecular flexibility index (Phi) is 3.95. The van der Waals surface area contributed by atoms with Gasteiger partial charge < -0.3 is 5.73 Å². The van der Waals surface area contributed by atoms with Crippen molar-refractivity contribution < 1.29 is 13.6 Å². The van der Waals surface area contributed by atoms with Gasteiger partial charge in [0.2, 0.25) is 0 Å². The van der Waals surface area contributed by atoms with Crippen molar-refractivity contribution in [1.82, 2.24) is 0 Å². The number of carbonyl (C=O) groups excluding carboxylic acids is 1. The lowest BCUT2D eigenvalue weighted by molar-refractivity contribution is 0.0991. The molecule has 0 spiro atoms. The maximum Gasteiger partial charge on any atom is 0.168 e. The van der Waals surface area contributed by atoms with Crippen LogP contribution in [0.2, 0.25) is 0 Å². The Morgan fingerprint density at radius 1 is 1.16 bits per heavy atom. The van der Waals surface area contributed by atoms with Crippen molar-refractivity contribution in [2.75, 3.05) is 5.73 Å². The summed E-state index contributed by atoms with van der Waals surface area (Å²) in [5.41, 5.74) is 6.59. The molecule has 0 unspecified atom stereocenters. The van der Waals surface area contributed by atoms with Crippen molar-refractivity contribution >= 4 is 27.4 Å². The van der Waals surface area contributed by atoms with E-state index in [1.54, 1.807) is 12.1 Å². The van der Waals surface area contributed by atoms with Crippen molar-refractivity contribution in [3.8, 4) is 0 Å². The highest BCUT2D eigenvalue weighted by atomic mass is 79.9. The van der Waals surface area contributed by atoms with Crippen LogP contribution in [0.25, 0.3) is 0 Å². The van der Waals surface area contributed by atoms with Gasteiger partial charge in [-0.25, -0.2) is 8.78 Å². The average molecular weight is 326 g/mol. The molecule has 5 heteroatoms. The molecule has 19 heavy (non-hydrogen) atoms. The molecule has 0 heterocycles. The monoisotopic (exact) mass is 325 g/mol. The molecule has 2 aromatic rings. The zero-order valence-corrected chi connectivity index (χ0v) is 11.4. The fourth-order valence-electron chi connectivity index (χ4n) is 1.69. The zero-order valence-electron chi connectivity index (χ0n) is 9.79. The topological polar surface area (TPSA) is 43.1 Å². The summed E-state index contributed by atoms with van der Waals surface area (Å²) in [5, 5.41) is 0. The number of Topliss-reactive ketones (excluding diaryl/α,β-unsaturated/α-hetero) is 1. The molecule has 2 nitrogen and oxygen atoms in total. The largest absolute Gasteiger partial charge is 0.399 e. The number of nitrogen functional groups attached to an aromatic ring is 1. The summed E-state index contributed by atoms with van der Waals surface area (Å²) >= 11 is 3.24. The number of benzene rings is 2. The van der Waals surface area contributed by atoms with E-state index in [1.807, 2.05) is 0 Å². The highest BCUT2D eigenvalue weighted by Crippen LogP contribution is 2.22. The van der Waals surface area contributed by atoms with Gasteiger partial charge >= 0.3 is 0 Å². The quantitative estimate of drug-likeness (QED) is 0.690. The number of hydrogen-bond donors (Lipinski definition) is 1. The Morgan fingerprint density at radius 2 is 1.89 bits per heavy atom. The molecule has 0 fully saturated rings. The van der Waals surface area contributed by atoms with E-state index in [0.29, 0.717) is 15.7 Å². The van der Waals surface area contributed by atoms with E-state index in [4.69, 9.17) is 5.73 Å². The lowest BCUT2D eigenvalue weighted by Crippen LogP contribution is -2.07. The molecule has 0 aliphatic heterocycles. The Morgan fingerprint density at radius 3 is 2.58 bits per heavy atom. The van der Waals surface area contributed by atoms with Crippen molar-refractivity contribution in [3.05, 3.63) is 63.6 Å². The van der Waals surface area contributed by atoms with Crippen LogP contribution >= 0.6 is 15.9 Å². The van der Waals surface area contributed by atoms with E-state index in [0.717, 1.165) is 12.1 Å². The van der Waals surface area contributed by atoms with Gasteiger partial charge in [-0.15, -0.1) is 0 Å². The first-order chi connectivity index (χ1) is 8.97. The third-order valence-electron chi connectivity index (χ3n) is 2.66. The van der Waals surface area contributed by atoms with Gasteiger partial charge in [0, 0.05) is 28.2 Å². The molecule has 0 bridgehead atoms. The summed E-state index contributed by atoms with van der Waals surface area (Å²) in [6, 6.07) is 7.98. The van der Waals surface area contributed by atoms with Crippen LogP contribution in [0, 0.1) is 11.6 Å². The number of ketones is 1. The van der Waals surface area contributed by atoms with Crippen LogP contribution < -0.4 is 5.73 Å². The normalized spacial score (nSPS) is 10.5. The molecular weight excluding hydrogens is 316 g/mol. The highest BCUT2D eigenvalue weighted by molar-refractivity contribution is 9.10. The van der Waals surface area contributed by atoms with E-state index in [1.165, 1.54) is 12.1 Å². The van der Waals surface area contributed by atoms with Gasteiger partial charge in [0.25, 0.3) is 0 Å². The molecule has 0 saturated heterocycles. The highest BCUT2D eigenvalue weighted by Gasteiger charge is 2.14. The minimum atomic E-state index is -0.728. The number of hydrogen-bond acceptors (Lipinski definition) is 2. The molecular formula is C14H10BrF2NO. The molecule has 0 atom stereocenters. The average Bonchev–Trinajstić information content (AvgIpc) is 2.35. The summed E-state index contributed by atoms with van der Waals surface area (Å²) in [6.07, 6.45) is -0.145. The van der Waals surface area contributed by atoms with E-state index in [9.17, 15) is 13.6 Å². The lowest BCUT2D eigenvalue weighted by Gasteiger charge is -2.06. The Labute approximate surface area is 117 Å². The summed E-state index contributed by atoms with van der Waals surface area (Å²) in [5.74, 6) is -1.68. The third-order valence-corrected chi connectivity index (χ3v) is 3.35. The number of anilines is 1. The van der Waals surface area contributed by atoms with Gasteiger partial charge in [-0.2, -0.15) is 0 Å². The van der Waals surface area contributed by atoms with Crippen molar-refractivity contribution in [3.63, 3.8) is 0 Å². The van der Waals surface area contributed by atoms with Crippen molar-refractivity contribution in [2.24, 2.45) is 0 Å². The fraction of sp³-hybridized carbons (Fsp3) is 0.0714. The van der Waals surface area contributed by atoms with Crippen LogP contribution in [-0.2, 0) is 6.42 Å². The molecule has 0 amide bonds. The SMILES string of the molecule is Nc1ccc(Br)c(C(=O)Cc2ccc(F)cc2F)c1. The summed E-state index contributed by atoms with van der Waals surface area (Å²) in [7, 11) is 0. The first-order valence-electron chi connectivity index (χ1n) is 5.49. The number of rotatable bonds is 3. The molecule has 2 aromatic carbocycles. The third kappa shape index (κ3) is 3.17. The maximum absolute atomic E-state index is 13.5. The van der Waals surface area contributed by atoms with Crippen molar-refractivity contribution in [2.45, 2.75) is 6.42 Å². The second kappa shape index (κ2) is 5.48. The van der Waals surface area contributed by atoms with Crippen LogP contribution in [-0.4, -0.2) is 5.78 Å². The van der Waals surface area contributed by atoms with Gasteiger partial charge in [0.15, 0.2) is 5.78 Å². The smallest absolute Gasteiger partial charge is 0.168 e. The molecule has 2 N–H and O–H groups in total. The van der Waals surface area contributed by atoms with E-state index < -0.39 is 11.6 Å². The predicted octanol–water partition coefficient (Wildman–Crippen LogP) is 3.73. The Balaban J connectivity index is 2.28. The van der Waals surface area contributed by atoms with Gasteiger partial charge in [-0.1, -0.05) is 22.0 Å².